The van der Waals surface area contributed by atoms with Crippen LogP contribution in [0.4, 0.5) is 5.82 Å². The van der Waals surface area contributed by atoms with E-state index in [4.69, 9.17) is 4.74 Å². The lowest BCUT2D eigenvalue weighted by atomic mass is 10.2. The average Bonchev–Trinajstić information content (AvgIpc) is 2.76. The fourth-order valence-corrected chi connectivity index (χ4v) is 2.18. The second-order valence-electron chi connectivity index (χ2n) is 4.34. The van der Waals surface area contributed by atoms with Crippen LogP contribution in [0.2, 0.25) is 0 Å². The third-order valence-corrected chi connectivity index (χ3v) is 3.02. The molecule has 0 amide bonds. The van der Waals surface area contributed by atoms with Crippen LogP contribution in [0.25, 0.3) is 5.78 Å². The van der Waals surface area contributed by atoms with Crippen molar-refractivity contribution < 1.29 is 4.74 Å². The van der Waals surface area contributed by atoms with E-state index in [1.54, 1.807) is 4.52 Å². The molecule has 2 aromatic rings. The summed E-state index contributed by atoms with van der Waals surface area (Å²) >= 11 is 0. The molecule has 0 aromatic carbocycles. The Balaban J connectivity index is 2.11. The molecule has 90 valence electrons. The van der Waals surface area contributed by atoms with E-state index < -0.39 is 0 Å². The molecule has 0 N–H and O–H groups in total. The van der Waals surface area contributed by atoms with Crippen molar-refractivity contribution in [3.8, 4) is 0 Å². The number of aromatic nitrogens is 4. The molecule has 0 aliphatic carbocycles. The van der Waals surface area contributed by atoms with E-state index in [-0.39, 0.29) is 0 Å². The highest BCUT2D eigenvalue weighted by Crippen LogP contribution is 2.20. The summed E-state index contributed by atoms with van der Waals surface area (Å²) in [6, 6.07) is 2.39. The minimum Gasteiger partial charge on any atom is -0.377 e. The van der Waals surface area contributed by atoms with E-state index in [2.05, 4.69) is 26.9 Å². The lowest BCUT2D eigenvalue weighted by Crippen LogP contribution is -2.44. The van der Waals surface area contributed by atoms with Gasteiger partial charge in [0.25, 0.3) is 5.78 Å². The van der Waals surface area contributed by atoms with Gasteiger partial charge in [-0.3, -0.25) is 0 Å². The number of ether oxygens (including phenoxy) is 1. The zero-order chi connectivity index (χ0) is 11.8. The van der Waals surface area contributed by atoms with Crippen LogP contribution in [0.1, 0.15) is 12.6 Å². The lowest BCUT2D eigenvalue weighted by molar-refractivity contribution is 0.0983. The summed E-state index contributed by atoms with van der Waals surface area (Å²) in [7, 11) is 0. The van der Waals surface area contributed by atoms with Crippen molar-refractivity contribution in [2.75, 3.05) is 24.7 Å². The van der Waals surface area contributed by atoms with Gasteiger partial charge >= 0.3 is 0 Å². The molecule has 3 rings (SSSR count). The molecule has 0 saturated carbocycles. The number of hydrogen-bond donors (Lipinski definition) is 0. The van der Waals surface area contributed by atoms with Crippen LogP contribution < -0.4 is 4.90 Å². The van der Waals surface area contributed by atoms with Crippen molar-refractivity contribution in [3.63, 3.8) is 0 Å². The highest BCUT2D eigenvalue weighted by molar-refractivity contribution is 5.48. The quantitative estimate of drug-likeness (QED) is 0.724. The molecular formula is C11H15N5O. The monoisotopic (exact) mass is 233 g/mol. The molecule has 0 bridgehead atoms. The zero-order valence-corrected chi connectivity index (χ0v) is 10.00. The first-order valence-corrected chi connectivity index (χ1v) is 5.77. The van der Waals surface area contributed by atoms with Gasteiger partial charge in [0.05, 0.1) is 19.3 Å². The normalized spacial score (nSPS) is 21.1. The number of aryl methyl sites for hydroxylation is 1. The zero-order valence-electron chi connectivity index (χ0n) is 10.00. The fourth-order valence-electron chi connectivity index (χ4n) is 2.18. The van der Waals surface area contributed by atoms with Crippen LogP contribution in [0.15, 0.2) is 12.4 Å². The molecule has 17 heavy (non-hydrogen) atoms. The summed E-state index contributed by atoms with van der Waals surface area (Å²) in [6.07, 6.45) is 1.54. The molecular weight excluding hydrogens is 218 g/mol. The molecule has 6 nitrogen and oxygen atoms in total. The molecule has 0 radical (unpaired) electrons. The van der Waals surface area contributed by atoms with Gasteiger partial charge in [0, 0.05) is 18.3 Å². The fraction of sp³-hybridized carbons (Fsp3) is 0.545. The van der Waals surface area contributed by atoms with Crippen molar-refractivity contribution >= 4 is 11.6 Å². The van der Waals surface area contributed by atoms with Gasteiger partial charge in [-0.2, -0.15) is 14.6 Å². The Morgan fingerprint density at radius 3 is 3.18 bits per heavy atom. The smallest absolute Gasteiger partial charge is 0.254 e. The van der Waals surface area contributed by atoms with Crippen molar-refractivity contribution in [2.45, 2.75) is 19.9 Å². The molecule has 3 heterocycles. The van der Waals surface area contributed by atoms with Crippen molar-refractivity contribution in [3.05, 3.63) is 18.1 Å². The molecule has 1 fully saturated rings. The van der Waals surface area contributed by atoms with Gasteiger partial charge in [0.2, 0.25) is 0 Å². The summed E-state index contributed by atoms with van der Waals surface area (Å²) in [6.45, 7) is 6.50. The standard InChI is InChI=1S/C11H15N5O/c1-8-5-10(15-3-4-17-6-9(15)2)16-11(14-8)12-7-13-16/h5,7,9H,3-4,6H2,1-2H3/t9-/m0/s1. The topological polar surface area (TPSA) is 55.6 Å². The molecule has 2 aromatic heterocycles. The largest absolute Gasteiger partial charge is 0.377 e. The molecule has 6 heteroatoms. The van der Waals surface area contributed by atoms with Crippen LogP contribution >= 0.6 is 0 Å². The van der Waals surface area contributed by atoms with Gasteiger partial charge in [-0.1, -0.05) is 0 Å². The van der Waals surface area contributed by atoms with Crippen LogP contribution in [0.3, 0.4) is 0 Å². The minimum atomic E-state index is 0.345. The third kappa shape index (κ3) is 1.74. The second-order valence-corrected chi connectivity index (χ2v) is 4.34. The van der Waals surface area contributed by atoms with Crippen molar-refractivity contribution in [2.24, 2.45) is 0 Å². The maximum Gasteiger partial charge on any atom is 0.254 e. The first-order chi connectivity index (χ1) is 8.25. The maximum atomic E-state index is 5.45. The first-order valence-electron chi connectivity index (χ1n) is 5.77. The van der Waals surface area contributed by atoms with Gasteiger partial charge in [-0.05, 0) is 13.8 Å². The summed E-state index contributed by atoms with van der Waals surface area (Å²) in [4.78, 5) is 10.8. The van der Waals surface area contributed by atoms with E-state index >= 15 is 0 Å². The Hall–Kier alpha value is -1.69. The van der Waals surface area contributed by atoms with Gasteiger partial charge in [-0.25, -0.2) is 4.98 Å². The minimum absolute atomic E-state index is 0.345. The Bertz CT molecular complexity index is 538. The summed E-state index contributed by atoms with van der Waals surface area (Å²) in [5.41, 5.74) is 0.958. The average molecular weight is 233 g/mol. The van der Waals surface area contributed by atoms with Crippen LogP contribution in [0.5, 0.6) is 0 Å². The predicted molar refractivity (Wildman–Crippen MR) is 63.1 cm³/mol. The third-order valence-electron chi connectivity index (χ3n) is 3.02. The lowest BCUT2D eigenvalue weighted by Gasteiger charge is -2.34. The van der Waals surface area contributed by atoms with Crippen LogP contribution in [-0.2, 0) is 4.74 Å². The van der Waals surface area contributed by atoms with E-state index in [1.807, 2.05) is 13.0 Å². The van der Waals surface area contributed by atoms with Gasteiger partial charge in [0.1, 0.15) is 12.1 Å². The highest BCUT2D eigenvalue weighted by Gasteiger charge is 2.22. The number of rotatable bonds is 1. The van der Waals surface area contributed by atoms with Gasteiger partial charge in [-0.15, -0.1) is 0 Å². The molecule has 0 unspecified atom stereocenters. The number of anilines is 1. The van der Waals surface area contributed by atoms with E-state index in [0.29, 0.717) is 11.8 Å². The second kappa shape index (κ2) is 3.96. The Labute approximate surface area is 99.2 Å². The SMILES string of the molecule is Cc1cc(N2CCOC[C@@H]2C)n2ncnc2n1. The Morgan fingerprint density at radius 1 is 1.47 bits per heavy atom. The summed E-state index contributed by atoms with van der Waals surface area (Å²) in [5.74, 6) is 1.69. The van der Waals surface area contributed by atoms with E-state index in [1.165, 1.54) is 6.33 Å². The van der Waals surface area contributed by atoms with Crippen LogP contribution in [-0.4, -0.2) is 45.4 Å². The molecule has 0 spiro atoms. The molecule has 1 aliphatic heterocycles. The molecule has 1 aliphatic rings. The number of nitrogens with zero attached hydrogens (tertiary/aromatic N) is 5. The summed E-state index contributed by atoms with van der Waals surface area (Å²) in [5, 5.41) is 4.23. The Kier molecular flexibility index (Phi) is 2.44. The summed E-state index contributed by atoms with van der Waals surface area (Å²) < 4.78 is 7.24. The predicted octanol–water partition coefficient (Wildman–Crippen LogP) is 0.658. The van der Waals surface area contributed by atoms with E-state index in [0.717, 1.165) is 31.3 Å². The van der Waals surface area contributed by atoms with Crippen molar-refractivity contribution in [1.82, 2.24) is 19.6 Å². The first kappa shape index (κ1) is 10.5. The van der Waals surface area contributed by atoms with Gasteiger partial charge < -0.3 is 9.64 Å². The van der Waals surface area contributed by atoms with Crippen LogP contribution in [0, 0.1) is 6.92 Å². The number of morpholine rings is 1. The molecule has 1 atom stereocenters. The van der Waals surface area contributed by atoms with Gasteiger partial charge in [0.15, 0.2) is 0 Å². The number of fused-ring (bicyclic) bond motifs is 1. The molecule has 1 saturated heterocycles. The maximum absolute atomic E-state index is 5.45. The van der Waals surface area contributed by atoms with Crippen molar-refractivity contribution in [1.29, 1.82) is 0 Å². The highest BCUT2D eigenvalue weighted by atomic mass is 16.5. The Morgan fingerprint density at radius 2 is 2.35 bits per heavy atom. The number of hydrogen-bond acceptors (Lipinski definition) is 5. The van der Waals surface area contributed by atoms with E-state index in [9.17, 15) is 0 Å².